The number of amides is 1. The summed E-state index contributed by atoms with van der Waals surface area (Å²) in [5.41, 5.74) is 1.85. The number of aryl methyl sites for hydroxylation is 1. The fourth-order valence-corrected chi connectivity index (χ4v) is 2.65. The third kappa shape index (κ3) is 3.24. The summed E-state index contributed by atoms with van der Waals surface area (Å²) < 4.78 is 0. The predicted octanol–water partition coefficient (Wildman–Crippen LogP) is 3.07. The van der Waals surface area contributed by atoms with E-state index >= 15 is 0 Å². The van der Waals surface area contributed by atoms with Gasteiger partial charge in [0.2, 0.25) is 5.91 Å². The van der Waals surface area contributed by atoms with Gasteiger partial charge in [-0.15, -0.1) is 0 Å². The van der Waals surface area contributed by atoms with Crippen LogP contribution in [0.25, 0.3) is 0 Å². The number of carbonyl (C=O) groups excluding carboxylic acids is 1. The Bertz CT molecular complexity index is 447. The lowest BCUT2D eigenvalue weighted by Crippen LogP contribution is -2.29. The van der Waals surface area contributed by atoms with Gasteiger partial charge in [-0.05, 0) is 57.1 Å². The van der Waals surface area contributed by atoms with Crippen molar-refractivity contribution in [3.05, 3.63) is 28.8 Å². The number of nitrogens with one attached hydrogen (secondary N) is 1. The van der Waals surface area contributed by atoms with Crippen molar-refractivity contribution in [1.82, 2.24) is 4.90 Å². The van der Waals surface area contributed by atoms with E-state index in [1.807, 2.05) is 19.1 Å². The van der Waals surface area contributed by atoms with Gasteiger partial charge in [-0.25, -0.2) is 0 Å². The van der Waals surface area contributed by atoms with Crippen molar-refractivity contribution in [2.75, 3.05) is 18.9 Å². The molecule has 0 radical (unpaired) electrons. The molecule has 1 amide bonds. The summed E-state index contributed by atoms with van der Waals surface area (Å²) in [5, 5.41) is 3.66. The van der Waals surface area contributed by atoms with Crippen molar-refractivity contribution >= 4 is 23.2 Å². The summed E-state index contributed by atoms with van der Waals surface area (Å²) in [5.74, 6) is 0.0826. The van der Waals surface area contributed by atoms with Gasteiger partial charge in [0, 0.05) is 23.2 Å². The lowest BCUT2D eigenvalue weighted by atomic mass is 10.1. The zero-order valence-corrected chi connectivity index (χ0v) is 11.6. The Labute approximate surface area is 113 Å². The molecular weight excluding hydrogens is 248 g/mol. The molecule has 1 aliphatic heterocycles. The van der Waals surface area contributed by atoms with Crippen molar-refractivity contribution in [1.29, 1.82) is 0 Å². The van der Waals surface area contributed by atoms with Gasteiger partial charge in [0.15, 0.2) is 0 Å². The second kappa shape index (κ2) is 5.72. The molecular formula is C14H19ClN2O. The summed E-state index contributed by atoms with van der Waals surface area (Å²) in [6.45, 7) is 3.04. The van der Waals surface area contributed by atoms with Gasteiger partial charge in [-0.3, -0.25) is 4.79 Å². The summed E-state index contributed by atoms with van der Waals surface area (Å²) in [6.07, 6.45) is 2.87. The summed E-state index contributed by atoms with van der Waals surface area (Å²) in [7, 11) is 2.08. The molecule has 1 aromatic rings. The number of hydrogen-bond acceptors (Lipinski definition) is 2. The van der Waals surface area contributed by atoms with Crippen LogP contribution in [0.5, 0.6) is 0 Å². The van der Waals surface area contributed by atoms with Crippen LogP contribution in [0.3, 0.4) is 0 Å². The zero-order chi connectivity index (χ0) is 13.1. The van der Waals surface area contributed by atoms with Crippen LogP contribution in [0, 0.1) is 6.92 Å². The predicted molar refractivity (Wildman–Crippen MR) is 75.1 cm³/mol. The van der Waals surface area contributed by atoms with Gasteiger partial charge in [0.25, 0.3) is 0 Å². The molecule has 98 valence electrons. The first-order chi connectivity index (χ1) is 8.56. The average molecular weight is 267 g/mol. The van der Waals surface area contributed by atoms with Crippen LogP contribution in [-0.4, -0.2) is 30.4 Å². The molecule has 1 fully saturated rings. The minimum atomic E-state index is 0.0826. The SMILES string of the molecule is Cc1cc(Cl)ccc1NC(=O)CC1CCCN1C. The van der Waals surface area contributed by atoms with Crippen LogP contribution in [0.15, 0.2) is 18.2 Å². The van der Waals surface area contributed by atoms with Crippen molar-refractivity contribution in [3.63, 3.8) is 0 Å². The number of rotatable bonds is 3. The molecule has 1 N–H and O–H groups in total. The number of likely N-dealkylation sites (tertiary alicyclic amines) is 1. The third-order valence-electron chi connectivity index (χ3n) is 3.56. The molecule has 0 aliphatic carbocycles. The normalized spacial score (nSPS) is 20.1. The highest BCUT2D eigenvalue weighted by molar-refractivity contribution is 6.30. The monoisotopic (exact) mass is 266 g/mol. The molecule has 0 saturated carbocycles. The second-order valence-corrected chi connectivity index (χ2v) is 5.42. The van der Waals surface area contributed by atoms with Gasteiger partial charge in [0.05, 0.1) is 0 Å². The van der Waals surface area contributed by atoms with Crippen LogP contribution in [0.4, 0.5) is 5.69 Å². The Morgan fingerprint density at radius 1 is 1.56 bits per heavy atom. The number of carbonyl (C=O) groups is 1. The Hall–Kier alpha value is -1.06. The topological polar surface area (TPSA) is 32.3 Å². The highest BCUT2D eigenvalue weighted by atomic mass is 35.5. The minimum absolute atomic E-state index is 0.0826. The van der Waals surface area contributed by atoms with Gasteiger partial charge < -0.3 is 10.2 Å². The Kier molecular flexibility index (Phi) is 4.25. The zero-order valence-electron chi connectivity index (χ0n) is 10.9. The minimum Gasteiger partial charge on any atom is -0.326 e. The molecule has 0 spiro atoms. The summed E-state index contributed by atoms with van der Waals surface area (Å²) >= 11 is 5.89. The van der Waals surface area contributed by atoms with Gasteiger partial charge in [-0.1, -0.05) is 11.6 Å². The molecule has 18 heavy (non-hydrogen) atoms. The van der Waals surface area contributed by atoms with E-state index in [1.165, 1.54) is 6.42 Å². The van der Waals surface area contributed by atoms with Crippen molar-refractivity contribution in [2.45, 2.75) is 32.2 Å². The molecule has 1 saturated heterocycles. The van der Waals surface area contributed by atoms with E-state index in [2.05, 4.69) is 17.3 Å². The smallest absolute Gasteiger partial charge is 0.225 e. The first-order valence-electron chi connectivity index (χ1n) is 6.32. The Morgan fingerprint density at radius 3 is 2.94 bits per heavy atom. The second-order valence-electron chi connectivity index (χ2n) is 4.99. The van der Waals surface area contributed by atoms with Crippen LogP contribution in [0.1, 0.15) is 24.8 Å². The molecule has 1 unspecified atom stereocenters. The van der Waals surface area contributed by atoms with E-state index in [1.54, 1.807) is 6.07 Å². The van der Waals surface area contributed by atoms with E-state index in [4.69, 9.17) is 11.6 Å². The number of nitrogens with zero attached hydrogens (tertiary/aromatic N) is 1. The van der Waals surface area contributed by atoms with Crippen LogP contribution in [-0.2, 0) is 4.79 Å². The van der Waals surface area contributed by atoms with Crippen molar-refractivity contribution < 1.29 is 4.79 Å². The summed E-state index contributed by atoms with van der Waals surface area (Å²) in [4.78, 5) is 14.2. The first kappa shape index (κ1) is 13.4. The average Bonchev–Trinajstić information content (AvgIpc) is 2.69. The molecule has 0 bridgehead atoms. The van der Waals surface area contributed by atoms with Crippen LogP contribution in [0.2, 0.25) is 5.02 Å². The van der Waals surface area contributed by atoms with E-state index in [-0.39, 0.29) is 5.91 Å². The highest BCUT2D eigenvalue weighted by Crippen LogP contribution is 2.21. The standard InChI is InChI=1S/C14H19ClN2O/c1-10-8-11(15)5-6-13(10)16-14(18)9-12-4-3-7-17(12)2/h5-6,8,12H,3-4,7,9H2,1-2H3,(H,16,18). The maximum atomic E-state index is 12.0. The quantitative estimate of drug-likeness (QED) is 0.912. The number of hydrogen-bond donors (Lipinski definition) is 1. The fraction of sp³-hybridized carbons (Fsp3) is 0.500. The van der Waals surface area contributed by atoms with E-state index in [0.717, 1.165) is 24.2 Å². The summed E-state index contributed by atoms with van der Waals surface area (Å²) in [6, 6.07) is 5.90. The van der Waals surface area contributed by atoms with E-state index < -0.39 is 0 Å². The molecule has 2 rings (SSSR count). The maximum Gasteiger partial charge on any atom is 0.225 e. The lowest BCUT2D eigenvalue weighted by Gasteiger charge is -2.19. The maximum absolute atomic E-state index is 12.0. The largest absolute Gasteiger partial charge is 0.326 e. The van der Waals surface area contributed by atoms with Gasteiger partial charge in [0.1, 0.15) is 0 Å². The van der Waals surface area contributed by atoms with Crippen molar-refractivity contribution in [3.8, 4) is 0 Å². The molecule has 1 heterocycles. The van der Waals surface area contributed by atoms with Crippen LogP contribution < -0.4 is 5.32 Å². The third-order valence-corrected chi connectivity index (χ3v) is 3.79. The van der Waals surface area contributed by atoms with Crippen LogP contribution >= 0.6 is 11.6 Å². The molecule has 1 aromatic carbocycles. The van der Waals surface area contributed by atoms with Gasteiger partial charge in [-0.2, -0.15) is 0 Å². The Morgan fingerprint density at radius 2 is 2.33 bits per heavy atom. The molecule has 4 heteroatoms. The molecule has 0 aromatic heterocycles. The molecule has 1 aliphatic rings. The Balaban J connectivity index is 1.94. The molecule has 3 nitrogen and oxygen atoms in total. The number of halogens is 1. The highest BCUT2D eigenvalue weighted by Gasteiger charge is 2.23. The fourth-order valence-electron chi connectivity index (χ4n) is 2.42. The number of benzene rings is 1. The van der Waals surface area contributed by atoms with E-state index in [0.29, 0.717) is 17.5 Å². The van der Waals surface area contributed by atoms with Gasteiger partial charge >= 0.3 is 0 Å². The molecule has 1 atom stereocenters. The van der Waals surface area contributed by atoms with E-state index in [9.17, 15) is 4.79 Å². The van der Waals surface area contributed by atoms with Crippen molar-refractivity contribution in [2.24, 2.45) is 0 Å². The number of anilines is 1. The first-order valence-corrected chi connectivity index (χ1v) is 6.70. The lowest BCUT2D eigenvalue weighted by molar-refractivity contribution is -0.117.